The number of aryl methyl sites for hydroxylation is 8. The minimum absolute atomic E-state index is 0.495. The second kappa shape index (κ2) is 25.6. The van der Waals surface area contributed by atoms with Gasteiger partial charge in [0.2, 0.25) is 0 Å². The molecule has 0 fully saturated rings. The van der Waals surface area contributed by atoms with E-state index in [4.69, 9.17) is 13.1 Å². The van der Waals surface area contributed by atoms with Crippen molar-refractivity contribution in [3.05, 3.63) is 293 Å². The van der Waals surface area contributed by atoms with Crippen LogP contribution in [0.25, 0.3) is 182 Å². The van der Waals surface area contributed by atoms with Crippen molar-refractivity contribution in [2.24, 2.45) is 0 Å². The zero-order valence-corrected chi connectivity index (χ0v) is 61.5. The lowest BCUT2D eigenvalue weighted by atomic mass is 9.83. The lowest BCUT2D eigenvalue weighted by Gasteiger charge is -2.19. The van der Waals surface area contributed by atoms with E-state index in [1.54, 1.807) is 12.1 Å². The van der Waals surface area contributed by atoms with Crippen LogP contribution in [0.15, 0.2) is 170 Å². The van der Waals surface area contributed by atoms with Crippen LogP contribution in [0.4, 0.5) is 11.4 Å². The zero-order chi connectivity index (χ0) is 78.3. The molecule has 0 N–H and O–H groups in total. The van der Waals surface area contributed by atoms with E-state index in [2.05, 4.69) is 94.6 Å². The van der Waals surface area contributed by atoms with Crippen LogP contribution >= 0.6 is 0 Å². The summed E-state index contributed by atoms with van der Waals surface area (Å²) in [5.41, 5.74) is 15.1. The highest BCUT2D eigenvalue weighted by atomic mass is 14.7. The Morgan fingerprint density at radius 2 is 0.339 bits per heavy atom. The molecule has 0 atom stereocenters. The molecule has 20 aromatic carbocycles. The van der Waals surface area contributed by atoms with Crippen LogP contribution in [0.5, 0.6) is 0 Å². The van der Waals surface area contributed by atoms with Gasteiger partial charge in [-0.05, 0) is 245 Å². The van der Waals surface area contributed by atoms with Gasteiger partial charge in [0.1, 0.15) is 0 Å². The Morgan fingerprint density at radius 1 is 0.170 bits per heavy atom. The van der Waals surface area contributed by atoms with E-state index < -0.39 is 0 Å². The molecule has 20 rings (SSSR count). The standard InChI is InChI=1S/4C25H13N3/c2*1-13-4-7-19-23-17(8-5-15(11-26)21(13)23)18-9-6-16(12-27)22-14(2)10-20(28-3)24(19)25(18)22;2*1-13-3-6-18-19-7-4-14(2)22-16(11-27)9-17(12-28)23(25(19)22)20-8-5-15(10-26)21(13)24(18)20/h2*4-10H,1-2H3;2*3-9H,1-2H3. The van der Waals surface area contributed by atoms with Gasteiger partial charge < -0.3 is 0 Å². The van der Waals surface area contributed by atoms with E-state index in [1.807, 2.05) is 189 Å². The van der Waals surface area contributed by atoms with Gasteiger partial charge in [-0.1, -0.05) is 132 Å². The molecule has 0 aromatic heterocycles. The highest BCUT2D eigenvalue weighted by Crippen LogP contribution is 2.52. The van der Waals surface area contributed by atoms with E-state index in [1.165, 1.54) is 0 Å². The molecule has 0 aliphatic carbocycles. The SMILES string of the molecule is Cc1ccc2c3ccc(C)c4c(C#N)cc(C#N)c(c5ccc(C#N)c1c25)c43.Cc1ccc2c3ccc(C)c4c(C#N)cc(C#N)c(c5ccc(C#N)c1c25)c43.[C-]#[N+]c1cc(C)c2c(C#N)ccc3c4ccc(C#N)c5c(C)ccc(c1c23)c54.[C-]#[N+]c1cc(C)c2c(C#N)ccc3c4ccc(C#N)c5c(C)ccc(c1c23)c54. The average Bonchev–Trinajstić information content (AvgIpc) is 0.720. The van der Waals surface area contributed by atoms with Gasteiger partial charge in [0.25, 0.3) is 0 Å². The van der Waals surface area contributed by atoms with Gasteiger partial charge in [-0.3, -0.25) is 0 Å². The quantitative estimate of drug-likeness (QED) is 0.0789. The Hall–Kier alpha value is -16.5. The monoisotopic (exact) mass is 1420 g/mol. The lowest BCUT2D eigenvalue weighted by molar-refractivity contribution is 1.46. The van der Waals surface area contributed by atoms with Gasteiger partial charge in [0.05, 0.1) is 129 Å². The molecule has 512 valence electrons. The van der Waals surface area contributed by atoms with E-state index in [0.717, 1.165) is 217 Å². The van der Waals surface area contributed by atoms with Crippen LogP contribution in [-0.4, -0.2) is 0 Å². The van der Waals surface area contributed by atoms with Crippen LogP contribution in [0.1, 0.15) is 100 Å². The van der Waals surface area contributed by atoms with Crippen molar-refractivity contribution in [2.75, 3.05) is 0 Å². The summed E-state index contributed by atoms with van der Waals surface area (Å²) in [7, 11) is 0. The summed E-state index contributed by atoms with van der Waals surface area (Å²) < 4.78 is 0. The summed E-state index contributed by atoms with van der Waals surface area (Å²) in [6.45, 7) is 31.5. The smallest absolute Gasteiger partial charge is 0.195 e. The van der Waals surface area contributed by atoms with Gasteiger partial charge in [0, 0.05) is 64.6 Å². The van der Waals surface area contributed by atoms with Crippen molar-refractivity contribution in [3.8, 4) is 60.7 Å². The number of hydrogen-bond donors (Lipinski definition) is 0. The Balaban J connectivity index is 0.000000108. The van der Waals surface area contributed by atoms with Crippen LogP contribution < -0.4 is 0 Å². The molecule has 0 heterocycles. The molecular weight excluding hydrogens is 1370 g/mol. The van der Waals surface area contributed by atoms with Crippen LogP contribution in [0, 0.1) is 182 Å². The minimum Gasteiger partial charge on any atom is -0.237 e. The van der Waals surface area contributed by atoms with Crippen molar-refractivity contribution in [3.63, 3.8) is 0 Å². The number of nitrogens with zero attached hydrogens (tertiary/aromatic N) is 12. The first-order valence-electron chi connectivity index (χ1n) is 35.9. The van der Waals surface area contributed by atoms with E-state index >= 15 is 0 Å². The number of rotatable bonds is 0. The maximum Gasteiger partial charge on any atom is 0.195 e. The second-order valence-corrected chi connectivity index (χ2v) is 28.8. The number of nitriles is 10. The zero-order valence-electron chi connectivity index (χ0n) is 61.5. The lowest BCUT2D eigenvalue weighted by Crippen LogP contribution is -1.95. The van der Waals surface area contributed by atoms with Gasteiger partial charge in [0.15, 0.2) is 11.4 Å². The fraction of sp³-hybridized carbons (Fsp3) is 0.0800. The van der Waals surface area contributed by atoms with Crippen molar-refractivity contribution < 1.29 is 0 Å². The highest BCUT2D eigenvalue weighted by molar-refractivity contribution is 6.40. The molecule has 0 amide bonds. The molecule has 112 heavy (non-hydrogen) atoms. The van der Waals surface area contributed by atoms with Crippen molar-refractivity contribution >= 4 is 184 Å². The Kier molecular flexibility index (Phi) is 15.7. The van der Waals surface area contributed by atoms with Crippen LogP contribution in [0.2, 0.25) is 0 Å². The van der Waals surface area contributed by atoms with Crippen molar-refractivity contribution in [2.45, 2.75) is 55.4 Å². The first-order valence-corrected chi connectivity index (χ1v) is 35.9. The highest BCUT2D eigenvalue weighted by Gasteiger charge is 2.27. The molecule has 0 spiro atoms. The fourth-order valence-corrected chi connectivity index (χ4v) is 18.5. The van der Waals surface area contributed by atoms with E-state index in [0.29, 0.717) is 67.0 Å². The summed E-state index contributed by atoms with van der Waals surface area (Å²) in [5, 5.41) is 128. The van der Waals surface area contributed by atoms with Crippen molar-refractivity contribution in [1.29, 1.82) is 52.6 Å². The summed E-state index contributed by atoms with van der Waals surface area (Å²) in [6, 6.07) is 77.6. The minimum atomic E-state index is 0.495. The molecule has 0 aliphatic rings. The Labute approximate surface area is 641 Å². The molecule has 20 aromatic rings. The topological polar surface area (TPSA) is 247 Å². The summed E-state index contributed by atoms with van der Waals surface area (Å²) in [4.78, 5) is 7.62. The molecule has 0 aliphatic heterocycles. The Bertz CT molecular complexity index is 7720. The molecule has 0 saturated heterocycles. The van der Waals surface area contributed by atoms with Gasteiger partial charge >= 0.3 is 0 Å². The summed E-state index contributed by atoms with van der Waals surface area (Å²) in [6.07, 6.45) is 0. The molecule has 0 unspecified atom stereocenters. The normalized spacial score (nSPS) is 11.1. The van der Waals surface area contributed by atoms with Gasteiger partial charge in [-0.2, -0.15) is 52.6 Å². The molecule has 12 nitrogen and oxygen atoms in total. The van der Waals surface area contributed by atoms with E-state index in [9.17, 15) is 52.6 Å². The molecule has 0 saturated carbocycles. The number of benzene rings is 20. The van der Waals surface area contributed by atoms with Crippen LogP contribution in [0.3, 0.4) is 0 Å². The predicted octanol–water partition coefficient (Wildman–Crippen LogP) is 25.2. The van der Waals surface area contributed by atoms with Crippen molar-refractivity contribution in [1.82, 2.24) is 0 Å². The molecular formula is C100H52N12. The van der Waals surface area contributed by atoms with E-state index in [-0.39, 0.29) is 0 Å². The maximum atomic E-state index is 9.86. The maximum absolute atomic E-state index is 9.86. The third-order valence-corrected chi connectivity index (χ3v) is 23.1. The average molecular weight is 1420 g/mol. The van der Waals surface area contributed by atoms with Gasteiger partial charge in [-0.25, -0.2) is 9.69 Å². The third kappa shape index (κ3) is 9.41. The number of fused-ring (bicyclic) bond motifs is 8. The van der Waals surface area contributed by atoms with Gasteiger partial charge in [-0.15, -0.1) is 0 Å². The summed E-state index contributed by atoms with van der Waals surface area (Å²) >= 11 is 0. The molecule has 12 heteroatoms. The largest absolute Gasteiger partial charge is 0.237 e. The third-order valence-electron chi connectivity index (χ3n) is 23.1. The fourth-order valence-electron chi connectivity index (χ4n) is 18.5. The predicted molar refractivity (Wildman–Crippen MR) is 448 cm³/mol. The second-order valence-electron chi connectivity index (χ2n) is 28.8. The number of hydrogen-bond acceptors (Lipinski definition) is 10. The first-order chi connectivity index (χ1) is 54.4. The molecule has 0 radical (unpaired) electrons. The molecule has 0 bridgehead atoms. The first kappa shape index (κ1) is 68.6. The summed E-state index contributed by atoms with van der Waals surface area (Å²) in [5.74, 6) is 0. The van der Waals surface area contributed by atoms with Crippen LogP contribution in [-0.2, 0) is 0 Å². The Morgan fingerprint density at radius 3 is 0.571 bits per heavy atom.